The molecule has 0 bridgehead atoms. The lowest BCUT2D eigenvalue weighted by atomic mass is 10.3. The quantitative estimate of drug-likeness (QED) is 0.585. The van der Waals surface area contributed by atoms with Crippen LogP contribution in [0.1, 0.15) is 5.56 Å². The van der Waals surface area contributed by atoms with Gasteiger partial charge in [0.05, 0.1) is 6.61 Å². The van der Waals surface area contributed by atoms with Crippen molar-refractivity contribution in [1.82, 2.24) is 10.6 Å². The maximum atomic E-state index is 11.2. The lowest BCUT2D eigenvalue weighted by molar-refractivity contribution is -0.140. The molecule has 88 valence electrons. The number of hydrogen-bond donors (Lipinski definition) is 4. The third kappa shape index (κ3) is 3.87. The summed E-state index contributed by atoms with van der Waals surface area (Å²) in [5, 5.41) is 25.6. The van der Waals surface area contributed by atoms with Crippen molar-refractivity contribution in [1.29, 1.82) is 0 Å². The maximum absolute atomic E-state index is 11.2. The van der Waals surface area contributed by atoms with Gasteiger partial charge in [0.2, 0.25) is 0 Å². The fraction of sp³-hybridized carbons (Fsp3) is 0.333. The highest BCUT2D eigenvalue weighted by Crippen LogP contribution is 2.04. The molecule has 0 saturated heterocycles. The highest BCUT2D eigenvalue weighted by molar-refractivity contribution is 7.07. The number of aliphatic carboxylic acids is 1. The van der Waals surface area contributed by atoms with Crippen molar-refractivity contribution in [2.75, 3.05) is 6.61 Å². The van der Waals surface area contributed by atoms with Crippen LogP contribution in [0.25, 0.3) is 0 Å². The topological polar surface area (TPSA) is 98.7 Å². The SMILES string of the molecule is O=C(NCc1ccsc1)N[C@H](CO)C(=O)O. The molecule has 0 fully saturated rings. The summed E-state index contributed by atoms with van der Waals surface area (Å²) in [5.74, 6) is -1.27. The first-order valence-corrected chi connectivity index (χ1v) is 5.47. The van der Waals surface area contributed by atoms with Crippen molar-refractivity contribution < 1.29 is 19.8 Å². The molecule has 0 unspecified atom stereocenters. The smallest absolute Gasteiger partial charge is 0.328 e. The van der Waals surface area contributed by atoms with E-state index in [1.165, 1.54) is 11.3 Å². The standard InChI is InChI=1S/C9H12N2O4S/c12-4-7(8(13)14)11-9(15)10-3-6-1-2-16-5-6/h1-2,5,7,12H,3-4H2,(H,13,14)(H2,10,11,15)/t7-/m1/s1. The zero-order chi connectivity index (χ0) is 12.0. The van der Waals surface area contributed by atoms with Crippen molar-refractivity contribution in [3.05, 3.63) is 22.4 Å². The van der Waals surface area contributed by atoms with Gasteiger partial charge in [0, 0.05) is 6.54 Å². The van der Waals surface area contributed by atoms with Gasteiger partial charge in [-0.15, -0.1) is 0 Å². The van der Waals surface area contributed by atoms with E-state index in [9.17, 15) is 9.59 Å². The Hall–Kier alpha value is -1.60. The molecule has 0 aliphatic heterocycles. The number of carbonyl (C=O) groups is 2. The number of aliphatic hydroxyl groups excluding tert-OH is 1. The molecule has 1 atom stereocenters. The minimum Gasteiger partial charge on any atom is -0.480 e. The minimum atomic E-state index is -1.28. The first-order valence-electron chi connectivity index (χ1n) is 4.52. The summed E-state index contributed by atoms with van der Waals surface area (Å²) >= 11 is 1.51. The summed E-state index contributed by atoms with van der Waals surface area (Å²) in [6.45, 7) is -0.311. The van der Waals surface area contributed by atoms with E-state index in [0.29, 0.717) is 6.54 Å². The van der Waals surface area contributed by atoms with E-state index in [2.05, 4.69) is 10.6 Å². The molecule has 6 nitrogen and oxygen atoms in total. The molecule has 0 radical (unpaired) electrons. The van der Waals surface area contributed by atoms with E-state index in [-0.39, 0.29) is 0 Å². The van der Waals surface area contributed by atoms with Crippen LogP contribution >= 0.6 is 11.3 Å². The summed E-state index contributed by atoms with van der Waals surface area (Å²) in [7, 11) is 0. The Labute approximate surface area is 95.9 Å². The summed E-state index contributed by atoms with van der Waals surface area (Å²) < 4.78 is 0. The maximum Gasteiger partial charge on any atom is 0.328 e. The van der Waals surface area contributed by atoms with Gasteiger partial charge in [-0.05, 0) is 22.4 Å². The zero-order valence-electron chi connectivity index (χ0n) is 8.34. The van der Waals surface area contributed by atoms with Gasteiger partial charge in [-0.1, -0.05) is 0 Å². The predicted octanol–water partition coefficient (Wildman–Crippen LogP) is -0.00720. The number of carboxylic acid groups (broad SMARTS) is 1. The van der Waals surface area contributed by atoms with Crippen molar-refractivity contribution in [2.24, 2.45) is 0 Å². The Morgan fingerprint density at radius 2 is 2.25 bits per heavy atom. The fourth-order valence-corrected chi connectivity index (χ4v) is 1.64. The Morgan fingerprint density at radius 3 is 2.75 bits per heavy atom. The molecular formula is C9H12N2O4S. The van der Waals surface area contributed by atoms with Crippen LogP contribution in [0.15, 0.2) is 16.8 Å². The molecule has 16 heavy (non-hydrogen) atoms. The molecule has 0 aliphatic rings. The van der Waals surface area contributed by atoms with Gasteiger partial charge in [-0.25, -0.2) is 9.59 Å². The van der Waals surface area contributed by atoms with E-state index in [1.54, 1.807) is 0 Å². The van der Waals surface area contributed by atoms with E-state index >= 15 is 0 Å². The first-order chi connectivity index (χ1) is 7.63. The second-order valence-corrected chi connectivity index (χ2v) is 3.81. The van der Waals surface area contributed by atoms with Crippen LogP contribution in [-0.2, 0) is 11.3 Å². The third-order valence-corrected chi connectivity index (χ3v) is 2.55. The van der Waals surface area contributed by atoms with Crippen molar-refractivity contribution in [3.8, 4) is 0 Å². The number of carbonyl (C=O) groups excluding carboxylic acids is 1. The van der Waals surface area contributed by atoms with Crippen LogP contribution in [-0.4, -0.2) is 34.9 Å². The number of aliphatic hydroxyl groups is 1. The first kappa shape index (κ1) is 12.5. The number of hydrogen-bond acceptors (Lipinski definition) is 4. The number of carboxylic acids is 1. The minimum absolute atomic E-state index is 0.326. The summed E-state index contributed by atoms with van der Waals surface area (Å²) in [6, 6.07) is -0.0406. The third-order valence-electron chi connectivity index (χ3n) is 1.82. The van der Waals surface area contributed by atoms with E-state index in [1.807, 2.05) is 16.8 Å². The molecule has 0 saturated carbocycles. The van der Waals surface area contributed by atoms with Crippen LogP contribution < -0.4 is 10.6 Å². The van der Waals surface area contributed by atoms with Crippen LogP contribution in [0.5, 0.6) is 0 Å². The van der Waals surface area contributed by atoms with Crippen LogP contribution in [0, 0.1) is 0 Å². The Bertz CT molecular complexity index is 352. The molecule has 1 aromatic heterocycles. The van der Waals surface area contributed by atoms with Crippen LogP contribution in [0.4, 0.5) is 4.79 Å². The molecule has 4 N–H and O–H groups in total. The van der Waals surface area contributed by atoms with Crippen LogP contribution in [0.3, 0.4) is 0 Å². The normalized spacial score (nSPS) is 11.8. The largest absolute Gasteiger partial charge is 0.480 e. The summed E-state index contributed by atoms with van der Waals surface area (Å²) in [4.78, 5) is 21.7. The molecule has 0 spiro atoms. The number of urea groups is 1. The van der Waals surface area contributed by atoms with Crippen molar-refractivity contribution in [3.63, 3.8) is 0 Å². The Kier molecular flexibility index (Phi) is 4.74. The Balaban J connectivity index is 2.33. The zero-order valence-corrected chi connectivity index (χ0v) is 9.16. The van der Waals surface area contributed by atoms with Gasteiger partial charge >= 0.3 is 12.0 Å². The molecule has 1 aromatic rings. The molecule has 1 rings (SSSR count). The number of thiophene rings is 1. The average molecular weight is 244 g/mol. The average Bonchev–Trinajstić information content (AvgIpc) is 2.75. The van der Waals surface area contributed by atoms with Gasteiger partial charge in [-0.2, -0.15) is 11.3 Å². The van der Waals surface area contributed by atoms with Crippen molar-refractivity contribution in [2.45, 2.75) is 12.6 Å². The number of nitrogens with one attached hydrogen (secondary N) is 2. The highest BCUT2D eigenvalue weighted by Gasteiger charge is 2.18. The molecule has 2 amide bonds. The monoisotopic (exact) mass is 244 g/mol. The predicted molar refractivity (Wildman–Crippen MR) is 58.2 cm³/mol. The van der Waals surface area contributed by atoms with Crippen molar-refractivity contribution >= 4 is 23.3 Å². The van der Waals surface area contributed by atoms with E-state index in [4.69, 9.17) is 10.2 Å². The number of amides is 2. The van der Waals surface area contributed by atoms with E-state index in [0.717, 1.165) is 5.56 Å². The van der Waals surface area contributed by atoms with Crippen LogP contribution in [0.2, 0.25) is 0 Å². The van der Waals surface area contributed by atoms with Gasteiger partial charge in [0.1, 0.15) is 0 Å². The van der Waals surface area contributed by atoms with Gasteiger partial charge in [0.25, 0.3) is 0 Å². The molecular weight excluding hydrogens is 232 g/mol. The second-order valence-electron chi connectivity index (χ2n) is 3.03. The van der Waals surface area contributed by atoms with E-state index < -0.39 is 24.6 Å². The highest BCUT2D eigenvalue weighted by atomic mass is 32.1. The lowest BCUT2D eigenvalue weighted by Gasteiger charge is -2.12. The number of rotatable bonds is 5. The molecule has 0 aromatic carbocycles. The fourth-order valence-electron chi connectivity index (χ4n) is 0.970. The Morgan fingerprint density at radius 1 is 1.50 bits per heavy atom. The molecule has 7 heteroatoms. The van der Waals surface area contributed by atoms with Gasteiger partial charge in [-0.3, -0.25) is 0 Å². The molecule has 1 heterocycles. The van der Waals surface area contributed by atoms with Gasteiger partial charge < -0.3 is 20.8 Å². The lowest BCUT2D eigenvalue weighted by Crippen LogP contribution is -2.47. The second kappa shape index (κ2) is 6.09. The van der Waals surface area contributed by atoms with Gasteiger partial charge in [0.15, 0.2) is 6.04 Å². The summed E-state index contributed by atoms with van der Waals surface area (Å²) in [5.41, 5.74) is 0.941. The summed E-state index contributed by atoms with van der Waals surface area (Å²) in [6.07, 6.45) is 0. The molecule has 0 aliphatic carbocycles.